The van der Waals surface area contributed by atoms with Gasteiger partial charge in [0.25, 0.3) is 0 Å². The van der Waals surface area contributed by atoms with Crippen LogP contribution in [0.5, 0.6) is 0 Å². The van der Waals surface area contributed by atoms with Crippen molar-refractivity contribution in [1.29, 1.82) is 0 Å². The molecular weight excluding hydrogens is 390 g/mol. The molecule has 0 saturated heterocycles. The van der Waals surface area contributed by atoms with Crippen LogP contribution in [0.1, 0.15) is 17.2 Å². The maximum atomic E-state index is 12.2. The van der Waals surface area contributed by atoms with E-state index in [-0.39, 0.29) is 28.1 Å². The van der Waals surface area contributed by atoms with Crippen molar-refractivity contribution in [3.05, 3.63) is 93.5 Å². The first-order valence-electron chi connectivity index (χ1n) is 7.72. The maximum absolute atomic E-state index is 12.2. The van der Waals surface area contributed by atoms with E-state index in [1.54, 1.807) is 11.8 Å². The maximum Gasteiger partial charge on any atom is 2.00 e. The molecule has 10 radical (unpaired) electrons. The molecular formula is C20H17FeNOS2+2. The first kappa shape index (κ1) is 21.0. The molecule has 0 bridgehead atoms. The van der Waals surface area contributed by atoms with Gasteiger partial charge in [-0.05, 0) is 69.4 Å². The number of nitrogens with one attached hydrogen (secondary N) is 1. The summed E-state index contributed by atoms with van der Waals surface area (Å²) in [6.45, 7) is 0. The molecule has 3 aliphatic rings. The molecule has 1 aromatic rings. The van der Waals surface area contributed by atoms with E-state index in [0.717, 1.165) is 21.5 Å². The fourth-order valence-electron chi connectivity index (χ4n) is 2.54. The summed E-state index contributed by atoms with van der Waals surface area (Å²) in [6.07, 6.45) is 18.0. The predicted octanol–water partition coefficient (Wildman–Crippen LogP) is 4.55. The number of thiocarbonyl (C=S) groups is 1. The molecule has 2 saturated carbocycles. The number of fused-ring (bicyclic) bond motifs is 1. The number of hydrogen-bond donors (Lipinski definition) is 1. The molecule has 1 aliphatic heterocycles. The monoisotopic (exact) mass is 407 g/mol. The van der Waals surface area contributed by atoms with E-state index in [1.807, 2.05) is 76.0 Å². The van der Waals surface area contributed by atoms with E-state index in [4.69, 9.17) is 12.2 Å². The number of ketones is 1. The van der Waals surface area contributed by atoms with Gasteiger partial charge in [-0.3, -0.25) is 4.79 Å². The number of benzene rings is 1. The molecule has 0 amide bonds. The van der Waals surface area contributed by atoms with Crippen LogP contribution < -0.4 is 5.32 Å². The van der Waals surface area contributed by atoms with Gasteiger partial charge in [-0.2, -0.15) is 0 Å². The summed E-state index contributed by atoms with van der Waals surface area (Å²) >= 11 is 6.81. The Hall–Kier alpha value is -0.351. The number of carbonyl (C=O) groups is 1. The number of Topliss-reactive ketones (excluding diaryl/α,β-unsaturated/α-hetero) is 1. The summed E-state index contributed by atoms with van der Waals surface area (Å²) in [6, 6.07) is 8.03. The number of hydrogen-bond acceptors (Lipinski definition) is 3. The quantitative estimate of drug-likeness (QED) is 0.588. The van der Waals surface area contributed by atoms with Gasteiger partial charge in [0.15, 0.2) is 0 Å². The van der Waals surface area contributed by atoms with Crippen LogP contribution in [-0.2, 0) is 21.9 Å². The third-order valence-corrected chi connectivity index (χ3v) is 5.12. The first-order chi connectivity index (χ1) is 11.7. The SMILES string of the molecule is O=C(CC1SC(=S)Nc2ccccc21)[C]1[CH][CH][CH][CH]1.[CH]1[CH][CH][CH][CH]1.[Fe+2]. The summed E-state index contributed by atoms with van der Waals surface area (Å²) in [5, 5.41) is 3.28. The molecule has 2 fully saturated rings. The smallest absolute Gasteiger partial charge is 0.341 e. The number of thioether (sulfide) groups is 1. The minimum Gasteiger partial charge on any atom is -0.341 e. The van der Waals surface area contributed by atoms with Crippen molar-refractivity contribution in [2.24, 2.45) is 0 Å². The van der Waals surface area contributed by atoms with Crippen molar-refractivity contribution in [1.82, 2.24) is 0 Å². The van der Waals surface area contributed by atoms with Crippen LogP contribution in [0.15, 0.2) is 24.3 Å². The predicted molar refractivity (Wildman–Crippen MR) is 105 cm³/mol. The standard InChI is InChI=1S/C15H12NOS2.C5H5.Fe/c17-13(10-5-1-2-6-10)9-14-11-7-3-4-8-12(11)16-15(18)19-14;1-2-4-5-3-1;/h1-8,14H,9H2,(H,16,18);1-5H;/q;;+2. The third-order valence-electron chi connectivity index (χ3n) is 3.70. The van der Waals surface area contributed by atoms with Gasteiger partial charge in [0.05, 0.1) is 0 Å². The minimum absolute atomic E-state index is 0. The van der Waals surface area contributed by atoms with Crippen LogP contribution in [0.2, 0.25) is 0 Å². The van der Waals surface area contributed by atoms with E-state index >= 15 is 0 Å². The van der Waals surface area contributed by atoms with Gasteiger partial charge in [-0.25, -0.2) is 0 Å². The van der Waals surface area contributed by atoms with Crippen LogP contribution in [0.25, 0.3) is 0 Å². The second kappa shape index (κ2) is 10.7. The van der Waals surface area contributed by atoms with Crippen molar-refractivity contribution in [2.75, 3.05) is 5.32 Å². The topological polar surface area (TPSA) is 29.1 Å². The molecule has 4 rings (SSSR count). The Labute approximate surface area is 171 Å². The van der Waals surface area contributed by atoms with E-state index in [9.17, 15) is 4.79 Å². The zero-order valence-corrected chi connectivity index (χ0v) is 16.1. The zero-order chi connectivity index (χ0) is 16.8. The zero-order valence-electron chi connectivity index (χ0n) is 13.4. The van der Waals surface area contributed by atoms with Crippen LogP contribution in [0, 0.1) is 63.7 Å². The Morgan fingerprint density at radius 1 is 1.00 bits per heavy atom. The Balaban J connectivity index is 0.000000325. The van der Waals surface area contributed by atoms with E-state index in [1.165, 1.54) is 0 Å². The van der Waals surface area contributed by atoms with Gasteiger partial charge < -0.3 is 5.32 Å². The molecule has 0 aromatic heterocycles. The van der Waals surface area contributed by atoms with Crippen molar-refractivity contribution < 1.29 is 21.9 Å². The van der Waals surface area contributed by atoms with Crippen LogP contribution >= 0.6 is 24.0 Å². The average Bonchev–Trinajstić information content (AvgIpc) is 3.31. The molecule has 1 atom stereocenters. The Morgan fingerprint density at radius 2 is 1.60 bits per heavy atom. The number of para-hydroxylation sites is 1. The van der Waals surface area contributed by atoms with Gasteiger partial charge in [-0.15, -0.1) is 0 Å². The second-order valence-electron chi connectivity index (χ2n) is 5.37. The van der Waals surface area contributed by atoms with E-state index in [0.29, 0.717) is 6.42 Å². The van der Waals surface area contributed by atoms with Gasteiger partial charge in [0, 0.05) is 23.3 Å². The number of carbonyl (C=O) groups excluding carboxylic acids is 1. The van der Waals surface area contributed by atoms with Gasteiger partial charge in [0.2, 0.25) is 0 Å². The van der Waals surface area contributed by atoms with Gasteiger partial charge in [-0.1, -0.05) is 42.2 Å². The van der Waals surface area contributed by atoms with Crippen molar-refractivity contribution >= 4 is 39.8 Å². The fraction of sp³-hybridized carbons (Fsp3) is 0.100. The largest absolute Gasteiger partial charge is 2.00 e. The van der Waals surface area contributed by atoms with Crippen LogP contribution in [0.4, 0.5) is 5.69 Å². The molecule has 1 N–H and O–H groups in total. The third kappa shape index (κ3) is 6.09. The molecule has 2 nitrogen and oxygen atoms in total. The van der Waals surface area contributed by atoms with Crippen LogP contribution in [0.3, 0.4) is 0 Å². The molecule has 1 unspecified atom stereocenters. The fourth-order valence-corrected chi connectivity index (χ4v) is 4.00. The molecule has 25 heavy (non-hydrogen) atoms. The molecule has 2 aliphatic carbocycles. The average molecular weight is 407 g/mol. The van der Waals surface area contributed by atoms with Crippen molar-refractivity contribution in [3.63, 3.8) is 0 Å². The first-order valence-corrected chi connectivity index (χ1v) is 9.01. The van der Waals surface area contributed by atoms with Gasteiger partial charge in [0.1, 0.15) is 10.1 Å². The van der Waals surface area contributed by atoms with E-state index in [2.05, 4.69) is 11.4 Å². The number of anilines is 1. The van der Waals surface area contributed by atoms with Gasteiger partial charge >= 0.3 is 17.1 Å². The summed E-state index contributed by atoms with van der Waals surface area (Å²) in [5.41, 5.74) is 2.17. The summed E-state index contributed by atoms with van der Waals surface area (Å²) in [5.74, 6) is 0.949. The number of rotatable bonds is 3. The molecule has 1 heterocycles. The Bertz CT molecular complexity index is 575. The minimum atomic E-state index is 0. The molecule has 5 heteroatoms. The molecule has 1 aromatic carbocycles. The second-order valence-corrected chi connectivity index (χ2v) is 7.25. The van der Waals surface area contributed by atoms with Crippen molar-refractivity contribution in [3.8, 4) is 0 Å². The Morgan fingerprint density at radius 3 is 2.24 bits per heavy atom. The van der Waals surface area contributed by atoms with Crippen LogP contribution in [-0.4, -0.2) is 10.1 Å². The molecule has 0 spiro atoms. The normalized spacial score (nSPS) is 22.2. The summed E-state index contributed by atoms with van der Waals surface area (Å²) < 4.78 is 0.735. The summed E-state index contributed by atoms with van der Waals surface area (Å²) in [7, 11) is 0. The summed E-state index contributed by atoms with van der Waals surface area (Å²) in [4.78, 5) is 12.2. The molecule has 126 valence electrons. The Kier molecular flexibility index (Phi) is 8.98. The van der Waals surface area contributed by atoms with Crippen molar-refractivity contribution in [2.45, 2.75) is 11.7 Å². The van der Waals surface area contributed by atoms with E-state index < -0.39 is 0 Å².